The van der Waals surface area contributed by atoms with Gasteiger partial charge in [0.15, 0.2) is 0 Å². The maximum absolute atomic E-state index is 12.2. The summed E-state index contributed by atoms with van der Waals surface area (Å²) in [4.78, 5) is 14.2. The number of nitrogens with zero attached hydrogens (tertiary/aromatic N) is 1. The minimum atomic E-state index is 0.0269. The van der Waals surface area contributed by atoms with Gasteiger partial charge in [-0.15, -0.1) is 0 Å². The molecule has 4 heteroatoms. The molecule has 0 radical (unpaired) electrons. The van der Waals surface area contributed by atoms with E-state index in [1.165, 1.54) is 0 Å². The third-order valence-electron chi connectivity index (χ3n) is 4.20. The number of rotatable bonds is 3. The van der Waals surface area contributed by atoms with Crippen LogP contribution < -0.4 is 10.2 Å². The number of nitrogens with one attached hydrogen (secondary N) is 1. The van der Waals surface area contributed by atoms with Crippen molar-refractivity contribution in [2.45, 2.75) is 25.0 Å². The van der Waals surface area contributed by atoms with Crippen molar-refractivity contribution in [1.82, 2.24) is 5.32 Å². The Kier molecular flexibility index (Phi) is 3.19. The molecule has 1 amide bonds. The first-order valence-electron chi connectivity index (χ1n) is 6.85. The summed E-state index contributed by atoms with van der Waals surface area (Å²) in [5.41, 5.74) is 1.77. The van der Waals surface area contributed by atoms with Crippen LogP contribution in [0.1, 0.15) is 23.2 Å². The second kappa shape index (κ2) is 4.85. The number of benzene rings is 1. The van der Waals surface area contributed by atoms with E-state index in [2.05, 4.69) is 5.32 Å². The average Bonchev–Trinajstić information content (AvgIpc) is 2.77. The van der Waals surface area contributed by atoms with Crippen molar-refractivity contribution in [1.29, 1.82) is 0 Å². The molecular formula is C15H20N2O2. The normalized spacial score (nSPS) is 28.4. The van der Waals surface area contributed by atoms with Crippen LogP contribution in [0.2, 0.25) is 0 Å². The van der Waals surface area contributed by atoms with Gasteiger partial charge in [-0.3, -0.25) is 4.79 Å². The fraction of sp³-hybridized carbons (Fsp3) is 0.533. The summed E-state index contributed by atoms with van der Waals surface area (Å²) in [6, 6.07) is 8.01. The van der Waals surface area contributed by atoms with Crippen molar-refractivity contribution >= 4 is 11.6 Å². The van der Waals surface area contributed by atoms with Gasteiger partial charge in [-0.2, -0.15) is 0 Å². The monoisotopic (exact) mass is 260 g/mol. The Bertz CT molecular complexity index is 487. The second-order valence-electron chi connectivity index (χ2n) is 5.62. The Morgan fingerprint density at radius 2 is 2.26 bits per heavy atom. The third kappa shape index (κ3) is 2.32. The van der Waals surface area contributed by atoms with Gasteiger partial charge >= 0.3 is 0 Å². The van der Waals surface area contributed by atoms with Crippen molar-refractivity contribution in [3.05, 3.63) is 29.8 Å². The molecule has 2 aliphatic rings. The van der Waals surface area contributed by atoms with Gasteiger partial charge in [0, 0.05) is 43.9 Å². The van der Waals surface area contributed by atoms with Crippen molar-refractivity contribution < 1.29 is 9.53 Å². The largest absolute Gasteiger partial charge is 0.378 e. The van der Waals surface area contributed by atoms with E-state index in [9.17, 15) is 4.79 Å². The lowest BCUT2D eigenvalue weighted by atomic mass is 9.76. The van der Waals surface area contributed by atoms with Crippen LogP contribution in [0.4, 0.5) is 5.69 Å². The number of hydrogen-bond acceptors (Lipinski definition) is 3. The smallest absolute Gasteiger partial charge is 0.251 e. The Hall–Kier alpha value is -1.55. The maximum Gasteiger partial charge on any atom is 0.251 e. The molecule has 0 aromatic heterocycles. The van der Waals surface area contributed by atoms with Crippen LogP contribution in [-0.2, 0) is 4.74 Å². The van der Waals surface area contributed by atoms with Gasteiger partial charge in [-0.25, -0.2) is 0 Å². The Morgan fingerprint density at radius 1 is 1.42 bits per heavy atom. The molecule has 0 bridgehead atoms. The molecule has 102 valence electrons. The van der Waals surface area contributed by atoms with E-state index in [0.717, 1.165) is 30.7 Å². The highest BCUT2D eigenvalue weighted by atomic mass is 16.5. The zero-order chi connectivity index (χ0) is 13.4. The number of carbonyl (C=O) groups excluding carboxylic acids is 1. The molecule has 1 N–H and O–H groups in total. The molecule has 3 rings (SSSR count). The number of amides is 1. The summed E-state index contributed by atoms with van der Waals surface area (Å²) in [6.07, 6.45) is 2.43. The molecule has 1 aliphatic heterocycles. The molecule has 0 unspecified atom stereocenters. The SMILES string of the molecule is CN(C)c1cccc(C(=O)N[C@@H]2C[C@H]3OCC[C@@H]23)c1. The molecule has 19 heavy (non-hydrogen) atoms. The minimum Gasteiger partial charge on any atom is -0.378 e. The fourth-order valence-electron chi connectivity index (χ4n) is 2.94. The molecule has 0 spiro atoms. The van der Waals surface area contributed by atoms with Crippen LogP contribution in [0.15, 0.2) is 24.3 Å². The van der Waals surface area contributed by atoms with Crippen molar-refractivity contribution in [2.75, 3.05) is 25.6 Å². The number of carbonyl (C=O) groups is 1. The first kappa shape index (κ1) is 12.5. The summed E-state index contributed by atoms with van der Waals surface area (Å²) in [6.45, 7) is 0.845. The van der Waals surface area contributed by atoms with Gasteiger partial charge < -0.3 is 15.0 Å². The Morgan fingerprint density at radius 3 is 3.00 bits per heavy atom. The fourth-order valence-corrected chi connectivity index (χ4v) is 2.94. The van der Waals surface area contributed by atoms with E-state index in [1.807, 2.05) is 43.3 Å². The molecule has 1 aromatic rings. The predicted octanol–water partition coefficient (Wildman–Crippen LogP) is 1.66. The number of fused-ring (bicyclic) bond motifs is 1. The molecule has 1 saturated carbocycles. The lowest BCUT2D eigenvalue weighted by Gasteiger charge is -2.39. The van der Waals surface area contributed by atoms with Gasteiger partial charge in [0.05, 0.1) is 6.10 Å². The lowest BCUT2D eigenvalue weighted by Crippen LogP contribution is -2.53. The van der Waals surface area contributed by atoms with Crippen LogP contribution in [0.25, 0.3) is 0 Å². The van der Waals surface area contributed by atoms with Crippen molar-refractivity contribution in [3.63, 3.8) is 0 Å². The van der Waals surface area contributed by atoms with Crippen LogP contribution in [0.3, 0.4) is 0 Å². The summed E-state index contributed by atoms with van der Waals surface area (Å²) in [5, 5.41) is 3.13. The van der Waals surface area contributed by atoms with E-state index in [1.54, 1.807) is 0 Å². The lowest BCUT2D eigenvalue weighted by molar-refractivity contribution is 0.00810. The molecule has 1 aliphatic carbocycles. The molecule has 2 fully saturated rings. The quantitative estimate of drug-likeness (QED) is 0.898. The summed E-state index contributed by atoms with van der Waals surface area (Å²) in [7, 11) is 3.95. The van der Waals surface area contributed by atoms with Gasteiger partial charge in [0.25, 0.3) is 5.91 Å². The topological polar surface area (TPSA) is 41.6 Å². The van der Waals surface area contributed by atoms with E-state index >= 15 is 0 Å². The maximum atomic E-state index is 12.2. The molecule has 3 atom stereocenters. The molecule has 1 heterocycles. The van der Waals surface area contributed by atoms with Gasteiger partial charge in [0.1, 0.15) is 0 Å². The summed E-state index contributed by atoms with van der Waals surface area (Å²) in [5.74, 6) is 0.556. The van der Waals surface area contributed by atoms with E-state index in [0.29, 0.717) is 18.1 Å². The van der Waals surface area contributed by atoms with Gasteiger partial charge in [-0.1, -0.05) is 6.07 Å². The molecular weight excluding hydrogens is 240 g/mol. The highest BCUT2D eigenvalue weighted by Crippen LogP contribution is 2.38. The van der Waals surface area contributed by atoms with Crippen LogP contribution in [0, 0.1) is 5.92 Å². The van der Waals surface area contributed by atoms with Gasteiger partial charge in [-0.05, 0) is 31.0 Å². The van der Waals surface area contributed by atoms with Crippen molar-refractivity contribution in [2.24, 2.45) is 5.92 Å². The number of anilines is 1. The Balaban J connectivity index is 1.65. The van der Waals surface area contributed by atoms with E-state index < -0.39 is 0 Å². The zero-order valence-corrected chi connectivity index (χ0v) is 11.4. The predicted molar refractivity (Wildman–Crippen MR) is 74.5 cm³/mol. The highest BCUT2D eigenvalue weighted by Gasteiger charge is 2.45. The van der Waals surface area contributed by atoms with Crippen LogP contribution in [-0.4, -0.2) is 38.8 Å². The van der Waals surface area contributed by atoms with Crippen LogP contribution >= 0.6 is 0 Å². The average molecular weight is 260 g/mol. The van der Waals surface area contributed by atoms with Gasteiger partial charge in [0.2, 0.25) is 0 Å². The molecule has 4 nitrogen and oxygen atoms in total. The first-order valence-corrected chi connectivity index (χ1v) is 6.85. The third-order valence-corrected chi connectivity index (χ3v) is 4.20. The molecule has 1 saturated heterocycles. The van der Waals surface area contributed by atoms with Crippen LogP contribution in [0.5, 0.6) is 0 Å². The number of hydrogen-bond donors (Lipinski definition) is 1. The highest BCUT2D eigenvalue weighted by molar-refractivity contribution is 5.95. The van der Waals surface area contributed by atoms with E-state index in [4.69, 9.17) is 4.74 Å². The summed E-state index contributed by atoms with van der Waals surface area (Å²) >= 11 is 0. The standard InChI is InChI=1S/C15H20N2O2/c1-17(2)11-5-3-4-10(8-11)15(18)16-13-9-14-12(13)6-7-19-14/h3-5,8,12-14H,6-7,9H2,1-2H3,(H,16,18)/t12-,13+,14+/m0/s1. The molecule has 1 aromatic carbocycles. The number of ether oxygens (including phenoxy) is 1. The Labute approximate surface area is 113 Å². The first-order chi connectivity index (χ1) is 9.15. The van der Waals surface area contributed by atoms with Crippen molar-refractivity contribution in [3.8, 4) is 0 Å². The minimum absolute atomic E-state index is 0.0269. The second-order valence-corrected chi connectivity index (χ2v) is 5.62. The summed E-state index contributed by atoms with van der Waals surface area (Å²) < 4.78 is 5.56. The zero-order valence-electron chi connectivity index (χ0n) is 11.4. The van der Waals surface area contributed by atoms with E-state index in [-0.39, 0.29) is 5.91 Å².